The molecule has 4 nitrogen and oxygen atoms in total. The molecule has 1 rings (SSSR count). The number of hydrogen-bond donors (Lipinski definition) is 0. The lowest BCUT2D eigenvalue weighted by molar-refractivity contribution is -0.163. The van der Waals surface area contributed by atoms with Crippen LogP contribution in [0.1, 0.15) is 71.9 Å². The smallest absolute Gasteiger partial charge is 0.309 e. The van der Waals surface area contributed by atoms with E-state index >= 15 is 0 Å². The first kappa shape index (κ1) is 23.1. The molecule has 0 saturated carbocycles. The van der Waals surface area contributed by atoms with Crippen molar-refractivity contribution in [1.82, 2.24) is 0 Å². The molecule has 0 aliphatic heterocycles. The van der Waals surface area contributed by atoms with Crippen LogP contribution in [0.15, 0.2) is 18.2 Å². The maximum atomic E-state index is 13.4. The molecule has 0 spiro atoms. The monoisotopic (exact) mass is 380 g/mol. The van der Waals surface area contributed by atoms with Crippen LogP contribution in [0.5, 0.6) is 0 Å². The molecule has 0 aliphatic rings. The number of esters is 2. The van der Waals surface area contributed by atoms with Gasteiger partial charge in [0.05, 0.1) is 12.3 Å². The Morgan fingerprint density at radius 1 is 1.11 bits per heavy atom. The highest BCUT2D eigenvalue weighted by molar-refractivity contribution is 5.80. The zero-order chi connectivity index (χ0) is 20.9. The number of hydrogen-bond acceptors (Lipinski definition) is 4. The molecule has 0 amide bonds. The Labute approximate surface area is 162 Å². The van der Waals surface area contributed by atoms with Crippen molar-refractivity contribution in [2.45, 2.75) is 79.4 Å². The number of ether oxygens (including phenoxy) is 2. The van der Waals surface area contributed by atoms with Crippen LogP contribution in [0.3, 0.4) is 0 Å². The Balaban J connectivity index is 2.82. The van der Waals surface area contributed by atoms with Gasteiger partial charge < -0.3 is 9.47 Å². The van der Waals surface area contributed by atoms with E-state index in [1.165, 1.54) is 12.1 Å². The molecule has 1 aromatic rings. The normalized spacial score (nSPS) is 15.2. The van der Waals surface area contributed by atoms with Gasteiger partial charge in [0.15, 0.2) is 0 Å². The molecule has 27 heavy (non-hydrogen) atoms. The van der Waals surface area contributed by atoms with Crippen molar-refractivity contribution in [1.29, 1.82) is 0 Å². The summed E-state index contributed by atoms with van der Waals surface area (Å²) in [7, 11) is 0. The minimum Gasteiger partial charge on any atom is -0.462 e. The highest BCUT2D eigenvalue weighted by atomic mass is 19.1. The van der Waals surface area contributed by atoms with Gasteiger partial charge in [-0.05, 0) is 63.8 Å². The average Bonchev–Trinajstić information content (AvgIpc) is 2.47. The maximum absolute atomic E-state index is 13.4. The lowest BCUT2D eigenvalue weighted by Gasteiger charge is -2.30. The Morgan fingerprint density at radius 2 is 1.70 bits per heavy atom. The van der Waals surface area contributed by atoms with E-state index in [4.69, 9.17) is 9.47 Å². The van der Waals surface area contributed by atoms with E-state index in [9.17, 15) is 14.0 Å². The van der Waals surface area contributed by atoms with Gasteiger partial charge in [0.1, 0.15) is 17.5 Å². The summed E-state index contributed by atoms with van der Waals surface area (Å²) in [6.07, 6.45) is -0.423. The Morgan fingerprint density at radius 3 is 2.19 bits per heavy atom. The van der Waals surface area contributed by atoms with Gasteiger partial charge in [-0.2, -0.15) is 0 Å². The average molecular weight is 381 g/mol. The third-order valence-electron chi connectivity index (χ3n) is 4.41. The van der Waals surface area contributed by atoms with E-state index in [2.05, 4.69) is 0 Å². The van der Waals surface area contributed by atoms with Crippen LogP contribution < -0.4 is 0 Å². The molecule has 1 aromatic carbocycles. The number of rotatable bonds is 7. The number of benzene rings is 1. The molecule has 0 aliphatic carbocycles. The standard InChI is InChI=1S/C22H33FO4/c1-13(2)20(18-10-9-17(23)11-14(18)3)16(5)26-21(25)15(4)12-19(24)27-22(6,7)8/h9-11,13,15-16,20H,12H2,1-8H3/t15-,16-,20-/m1/s1. The molecular weight excluding hydrogens is 347 g/mol. The molecule has 0 fully saturated rings. The third-order valence-corrected chi connectivity index (χ3v) is 4.41. The van der Waals surface area contributed by atoms with Crippen molar-refractivity contribution in [3.05, 3.63) is 35.1 Å². The van der Waals surface area contributed by atoms with Gasteiger partial charge >= 0.3 is 11.9 Å². The van der Waals surface area contributed by atoms with Crippen LogP contribution in [0.25, 0.3) is 0 Å². The van der Waals surface area contributed by atoms with Crippen LogP contribution in [0.4, 0.5) is 4.39 Å². The first-order chi connectivity index (χ1) is 12.3. The Hall–Kier alpha value is -1.91. The first-order valence-corrected chi connectivity index (χ1v) is 9.50. The molecule has 0 bridgehead atoms. The van der Waals surface area contributed by atoms with Crippen molar-refractivity contribution in [3.8, 4) is 0 Å². The first-order valence-electron chi connectivity index (χ1n) is 9.50. The lowest BCUT2D eigenvalue weighted by atomic mass is 9.82. The van der Waals surface area contributed by atoms with E-state index in [-0.39, 0.29) is 24.1 Å². The zero-order valence-corrected chi connectivity index (χ0v) is 17.8. The molecule has 0 saturated heterocycles. The predicted octanol–water partition coefficient (Wildman–Crippen LogP) is 5.17. The van der Waals surface area contributed by atoms with Crippen LogP contribution in [0.2, 0.25) is 0 Å². The van der Waals surface area contributed by atoms with E-state index in [0.717, 1.165) is 11.1 Å². The van der Waals surface area contributed by atoms with Crippen LogP contribution in [0, 0.1) is 24.6 Å². The Kier molecular flexibility index (Phi) is 8.00. The minimum absolute atomic E-state index is 0.0231. The summed E-state index contributed by atoms with van der Waals surface area (Å²) in [6, 6.07) is 4.67. The largest absolute Gasteiger partial charge is 0.462 e. The molecular formula is C22H33FO4. The molecule has 5 heteroatoms. The minimum atomic E-state index is -0.593. The van der Waals surface area contributed by atoms with Gasteiger partial charge in [0, 0.05) is 5.92 Å². The molecule has 0 radical (unpaired) electrons. The van der Waals surface area contributed by atoms with Crippen LogP contribution in [-0.2, 0) is 19.1 Å². The van der Waals surface area contributed by atoms with Gasteiger partial charge in [0.2, 0.25) is 0 Å². The quantitative estimate of drug-likeness (QED) is 0.612. The third kappa shape index (κ3) is 7.31. The summed E-state index contributed by atoms with van der Waals surface area (Å²) in [6.45, 7) is 14.8. The van der Waals surface area contributed by atoms with Crippen molar-refractivity contribution in [3.63, 3.8) is 0 Å². The van der Waals surface area contributed by atoms with E-state index in [1.807, 2.05) is 27.7 Å². The second-order valence-corrected chi connectivity index (χ2v) is 8.60. The SMILES string of the molecule is Cc1cc(F)ccc1[C@H](C(C)C)[C@@H](C)OC(=O)[C@H](C)CC(=O)OC(C)(C)C. The summed E-state index contributed by atoms with van der Waals surface area (Å²) in [5.74, 6) is -1.60. The van der Waals surface area contributed by atoms with Gasteiger partial charge in [-0.3, -0.25) is 9.59 Å². The highest BCUT2D eigenvalue weighted by Gasteiger charge is 2.30. The second kappa shape index (κ2) is 9.34. The summed E-state index contributed by atoms with van der Waals surface area (Å²) in [4.78, 5) is 24.4. The fourth-order valence-electron chi connectivity index (χ4n) is 3.26. The molecule has 0 N–H and O–H groups in total. The van der Waals surface area contributed by atoms with E-state index in [1.54, 1.807) is 33.8 Å². The fourth-order valence-corrected chi connectivity index (χ4v) is 3.26. The predicted molar refractivity (Wildman–Crippen MR) is 104 cm³/mol. The highest BCUT2D eigenvalue weighted by Crippen LogP contribution is 2.32. The fraction of sp³-hybridized carbons (Fsp3) is 0.636. The number of carbonyl (C=O) groups is 2. The molecule has 0 heterocycles. The van der Waals surface area contributed by atoms with Crippen LogP contribution in [-0.4, -0.2) is 23.6 Å². The van der Waals surface area contributed by atoms with Gasteiger partial charge in [-0.1, -0.05) is 26.8 Å². The van der Waals surface area contributed by atoms with E-state index < -0.39 is 29.6 Å². The van der Waals surface area contributed by atoms with E-state index in [0.29, 0.717) is 0 Å². The summed E-state index contributed by atoms with van der Waals surface area (Å²) < 4.78 is 24.4. The van der Waals surface area contributed by atoms with Gasteiger partial charge in [-0.25, -0.2) is 4.39 Å². The van der Waals surface area contributed by atoms with Crippen molar-refractivity contribution in [2.75, 3.05) is 0 Å². The lowest BCUT2D eigenvalue weighted by Crippen LogP contribution is -2.31. The van der Waals surface area contributed by atoms with Crippen molar-refractivity contribution < 1.29 is 23.5 Å². The number of halogens is 1. The van der Waals surface area contributed by atoms with Gasteiger partial charge in [-0.15, -0.1) is 0 Å². The summed E-state index contributed by atoms with van der Waals surface area (Å²) in [5, 5.41) is 0. The molecule has 3 atom stereocenters. The second-order valence-electron chi connectivity index (χ2n) is 8.60. The summed E-state index contributed by atoms with van der Waals surface area (Å²) >= 11 is 0. The van der Waals surface area contributed by atoms with Gasteiger partial charge in [0.25, 0.3) is 0 Å². The molecule has 152 valence electrons. The molecule has 0 unspecified atom stereocenters. The van der Waals surface area contributed by atoms with Crippen molar-refractivity contribution >= 4 is 11.9 Å². The van der Waals surface area contributed by atoms with Crippen LogP contribution >= 0.6 is 0 Å². The Bertz CT molecular complexity index is 661. The summed E-state index contributed by atoms with van der Waals surface area (Å²) in [5.41, 5.74) is 1.21. The topological polar surface area (TPSA) is 52.6 Å². The molecule has 0 aromatic heterocycles. The maximum Gasteiger partial charge on any atom is 0.309 e. The number of aryl methyl sites for hydroxylation is 1. The zero-order valence-electron chi connectivity index (χ0n) is 17.8. The number of carbonyl (C=O) groups excluding carboxylic acids is 2. The van der Waals surface area contributed by atoms with Crippen molar-refractivity contribution in [2.24, 2.45) is 11.8 Å².